The van der Waals surface area contributed by atoms with Gasteiger partial charge in [-0.3, -0.25) is 4.99 Å². The van der Waals surface area contributed by atoms with Crippen molar-refractivity contribution in [2.24, 2.45) is 4.99 Å². The van der Waals surface area contributed by atoms with Crippen molar-refractivity contribution in [2.45, 2.75) is 26.3 Å². The van der Waals surface area contributed by atoms with Crippen molar-refractivity contribution < 1.29 is 4.39 Å². The van der Waals surface area contributed by atoms with Crippen LogP contribution >= 0.6 is 27.5 Å². The van der Waals surface area contributed by atoms with Crippen LogP contribution < -0.4 is 4.90 Å². The molecule has 130 valence electrons. The number of fused-ring (bicyclic) bond motifs is 1. The van der Waals surface area contributed by atoms with E-state index < -0.39 is 0 Å². The van der Waals surface area contributed by atoms with Gasteiger partial charge < -0.3 is 4.90 Å². The van der Waals surface area contributed by atoms with E-state index in [4.69, 9.17) is 11.6 Å². The van der Waals surface area contributed by atoms with Gasteiger partial charge in [0.05, 0.1) is 16.2 Å². The Balaban J connectivity index is 2.01. The third-order valence-corrected chi connectivity index (χ3v) is 5.82. The van der Waals surface area contributed by atoms with E-state index in [0.717, 1.165) is 21.3 Å². The smallest absolute Gasteiger partial charge is 0.134 e. The zero-order chi connectivity index (χ0) is 18.4. The predicted molar refractivity (Wildman–Crippen MR) is 109 cm³/mol. The van der Waals surface area contributed by atoms with Crippen LogP contribution in [-0.4, -0.2) is 18.8 Å². The first-order valence-corrected chi connectivity index (χ1v) is 9.12. The molecule has 0 spiro atoms. The number of anilines is 1. The zero-order valence-electron chi connectivity index (χ0n) is 14.6. The first-order valence-electron chi connectivity index (χ1n) is 7.95. The minimum absolute atomic E-state index is 0.146. The van der Waals surface area contributed by atoms with Gasteiger partial charge in [-0.2, -0.15) is 0 Å². The lowest BCUT2D eigenvalue weighted by Crippen LogP contribution is -2.42. The van der Waals surface area contributed by atoms with E-state index in [-0.39, 0.29) is 11.4 Å². The molecular weight excluding hydrogens is 403 g/mol. The van der Waals surface area contributed by atoms with Gasteiger partial charge in [0.15, 0.2) is 0 Å². The van der Waals surface area contributed by atoms with Crippen molar-refractivity contribution in [1.29, 1.82) is 0 Å². The lowest BCUT2D eigenvalue weighted by molar-refractivity contribution is 0.589. The number of hydrogen-bond donors (Lipinski definition) is 0. The summed E-state index contributed by atoms with van der Waals surface area (Å²) >= 11 is 9.42. The van der Waals surface area contributed by atoms with Gasteiger partial charge in [0.1, 0.15) is 5.82 Å². The minimum atomic E-state index is -0.289. The van der Waals surface area contributed by atoms with Crippen LogP contribution in [0.3, 0.4) is 0 Å². The van der Waals surface area contributed by atoms with Crippen molar-refractivity contribution in [2.75, 3.05) is 11.9 Å². The number of aliphatic imine (C=N–C) groups is 1. The van der Waals surface area contributed by atoms with Crippen LogP contribution in [0.2, 0.25) is 5.02 Å². The monoisotopic (exact) mass is 420 g/mol. The third-order valence-electron chi connectivity index (χ3n) is 4.59. The van der Waals surface area contributed by atoms with E-state index in [0.29, 0.717) is 16.3 Å². The maximum atomic E-state index is 14.6. The standard InChI is InChI=1S/C20H19BrClFN2/c1-12-10-20(2,3)25(4)19-9-18(23)13(7-15(12)19)11-24-14-5-6-16(21)17(22)8-14/h5-11H,1-4H3. The molecule has 3 rings (SSSR count). The number of benzene rings is 2. The molecule has 0 bridgehead atoms. The Labute approximate surface area is 161 Å². The molecule has 2 aromatic rings. The van der Waals surface area contributed by atoms with Crippen molar-refractivity contribution in [1.82, 2.24) is 0 Å². The molecule has 2 nitrogen and oxygen atoms in total. The summed E-state index contributed by atoms with van der Waals surface area (Å²) in [5.74, 6) is -0.289. The number of nitrogens with zero attached hydrogens (tertiary/aromatic N) is 2. The molecule has 25 heavy (non-hydrogen) atoms. The van der Waals surface area contributed by atoms with Crippen molar-refractivity contribution >= 4 is 50.7 Å². The van der Waals surface area contributed by atoms with Crippen LogP contribution in [0.5, 0.6) is 0 Å². The Morgan fingerprint density at radius 3 is 2.64 bits per heavy atom. The van der Waals surface area contributed by atoms with Gasteiger partial charge in [0.2, 0.25) is 0 Å². The first-order chi connectivity index (χ1) is 11.7. The molecule has 1 aliphatic heterocycles. The van der Waals surface area contributed by atoms with Crippen molar-refractivity contribution in [3.63, 3.8) is 0 Å². The average Bonchev–Trinajstić information content (AvgIpc) is 2.54. The molecule has 0 aliphatic carbocycles. The Kier molecular flexibility index (Phi) is 4.78. The summed E-state index contributed by atoms with van der Waals surface area (Å²) in [6.07, 6.45) is 3.74. The molecule has 0 N–H and O–H groups in total. The van der Waals surface area contributed by atoms with E-state index in [1.807, 2.05) is 25.2 Å². The summed E-state index contributed by atoms with van der Waals surface area (Å²) in [7, 11) is 1.98. The van der Waals surface area contributed by atoms with Crippen molar-refractivity contribution in [3.05, 3.63) is 62.8 Å². The van der Waals surface area contributed by atoms with E-state index in [9.17, 15) is 4.39 Å². The van der Waals surface area contributed by atoms with Gasteiger partial charge in [0.25, 0.3) is 0 Å². The summed E-state index contributed by atoms with van der Waals surface area (Å²) in [6, 6.07) is 8.82. The Morgan fingerprint density at radius 1 is 1.24 bits per heavy atom. The molecule has 0 aromatic heterocycles. The summed E-state index contributed by atoms with van der Waals surface area (Å²) in [5.41, 5.74) is 4.05. The highest BCUT2D eigenvalue weighted by Crippen LogP contribution is 2.38. The number of allylic oxidation sites excluding steroid dienone is 1. The van der Waals surface area contributed by atoms with Crippen LogP contribution in [0.1, 0.15) is 31.9 Å². The lowest BCUT2D eigenvalue weighted by Gasteiger charge is -2.40. The largest absolute Gasteiger partial charge is 0.365 e. The molecule has 0 amide bonds. The van der Waals surface area contributed by atoms with Crippen LogP contribution in [0.25, 0.3) is 5.57 Å². The van der Waals surface area contributed by atoms with E-state index in [2.05, 4.69) is 52.7 Å². The molecule has 0 saturated carbocycles. The van der Waals surface area contributed by atoms with Gasteiger partial charge in [0, 0.05) is 34.5 Å². The summed E-state index contributed by atoms with van der Waals surface area (Å²) in [5, 5.41) is 0.572. The number of likely N-dealkylation sites (N-methyl/N-ethyl adjacent to an activating group) is 1. The van der Waals surface area contributed by atoms with Crippen LogP contribution in [0, 0.1) is 5.82 Å². The molecule has 1 heterocycles. The third kappa shape index (κ3) is 3.51. The SMILES string of the molecule is CC1=CC(C)(C)N(C)c2cc(F)c(C=Nc3ccc(Br)c(Cl)c3)cc21. The second-order valence-corrected chi connectivity index (χ2v) is 8.05. The fraction of sp³-hybridized carbons (Fsp3) is 0.250. The summed E-state index contributed by atoms with van der Waals surface area (Å²) in [4.78, 5) is 6.45. The molecule has 0 atom stereocenters. The highest BCUT2D eigenvalue weighted by Gasteiger charge is 2.29. The molecular formula is C20H19BrClFN2. The Hall–Kier alpha value is -1.65. The van der Waals surface area contributed by atoms with Crippen molar-refractivity contribution in [3.8, 4) is 0 Å². The lowest BCUT2D eigenvalue weighted by atomic mass is 9.88. The molecule has 1 aliphatic rings. The molecule has 0 fully saturated rings. The van der Waals surface area contributed by atoms with Gasteiger partial charge >= 0.3 is 0 Å². The van der Waals surface area contributed by atoms with Crippen LogP contribution in [-0.2, 0) is 0 Å². The fourth-order valence-corrected chi connectivity index (χ4v) is 3.42. The zero-order valence-corrected chi connectivity index (χ0v) is 16.9. The van der Waals surface area contributed by atoms with Gasteiger partial charge in [-0.15, -0.1) is 0 Å². The maximum absolute atomic E-state index is 14.6. The second kappa shape index (κ2) is 6.58. The van der Waals surface area contributed by atoms with Gasteiger partial charge in [-0.1, -0.05) is 17.7 Å². The minimum Gasteiger partial charge on any atom is -0.365 e. The highest BCUT2D eigenvalue weighted by molar-refractivity contribution is 9.10. The fourth-order valence-electron chi connectivity index (χ4n) is 3.00. The first kappa shape index (κ1) is 18.2. The maximum Gasteiger partial charge on any atom is 0.134 e. The average molecular weight is 422 g/mol. The van der Waals surface area contributed by atoms with Crippen LogP contribution in [0.4, 0.5) is 15.8 Å². The predicted octanol–water partition coefficient (Wildman–Crippen LogP) is 6.62. The van der Waals surface area contributed by atoms with Gasteiger partial charge in [-0.05, 0) is 72.6 Å². The topological polar surface area (TPSA) is 15.6 Å². The second-order valence-electron chi connectivity index (χ2n) is 6.79. The molecule has 2 aromatic carbocycles. The Bertz CT molecular complexity index is 903. The number of halogens is 3. The van der Waals surface area contributed by atoms with E-state index in [1.165, 1.54) is 0 Å². The summed E-state index contributed by atoms with van der Waals surface area (Å²) in [6.45, 7) is 6.29. The van der Waals surface area contributed by atoms with E-state index in [1.54, 1.807) is 18.3 Å². The van der Waals surface area contributed by atoms with E-state index >= 15 is 0 Å². The molecule has 0 radical (unpaired) electrons. The molecule has 0 unspecified atom stereocenters. The highest BCUT2D eigenvalue weighted by atomic mass is 79.9. The molecule has 0 saturated heterocycles. The van der Waals surface area contributed by atoms with Gasteiger partial charge in [-0.25, -0.2) is 4.39 Å². The Morgan fingerprint density at radius 2 is 1.96 bits per heavy atom. The summed E-state index contributed by atoms with van der Waals surface area (Å²) < 4.78 is 15.4. The molecule has 5 heteroatoms. The number of rotatable bonds is 2. The number of hydrogen-bond acceptors (Lipinski definition) is 2. The quantitative estimate of drug-likeness (QED) is 0.497. The van der Waals surface area contributed by atoms with Crippen LogP contribution in [0.15, 0.2) is 45.9 Å². The normalized spacial score (nSPS) is 16.1.